The van der Waals surface area contributed by atoms with E-state index in [9.17, 15) is 18.0 Å². The maximum Gasteiger partial charge on any atom is 0.387 e. The molecule has 0 aliphatic carbocycles. The molecule has 3 aromatic rings. The third kappa shape index (κ3) is 4.83. The molecule has 1 heterocycles. The monoisotopic (exact) mass is 408 g/mol. The summed E-state index contributed by atoms with van der Waals surface area (Å²) >= 11 is 1.04. The first-order valence-electron chi connectivity index (χ1n) is 8.12. The van der Waals surface area contributed by atoms with Gasteiger partial charge in [-0.3, -0.25) is 9.89 Å². The van der Waals surface area contributed by atoms with Gasteiger partial charge in [-0.05, 0) is 31.2 Å². The van der Waals surface area contributed by atoms with E-state index in [4.69, 9.17) is 0 Å². The largest absolute Gasteiger partial charge is 0.433 e. The highest BCUT2D eigenvalue weighted by atomic mass is 32.2. The summed E-state index contributed by atoms with van der Waals surface area (Å²) in [4.78, 5) is 16.6. The molecule has 0 saturated carbocycles. The lowest BCUT2D eigenvalue weighted by molar-refractivity contribution is -0.115. The predicted octanol–water partition coefficient (Wildman–Crippen LogP) is 4.33. The summed E-state index contributed by atoms with van der Waals surface area (Å²) in [5.41, 5.74) is 0.388. The van der Waals surface area contributed by atoms with E-state index in [-0.39, 0.29) is 28.0 Å². The predicted molar refractivity (Wildman–Crippen MR) is 98.8 cm³/mol. The van der Waals surface area contributed by atoms with Crippen molar-refractivity contribution >= 4 is 23.4 Å². The average Bonchev–Trinajstić information content (AvgIpc) is 3.11. The summed E-state index contributed by atoms with van der Waals surface area (Å²) in [5.74, 6) is -0.796. The number of ether oxygens (including phenoxy) is 1. The molecule has 1 atom stereocenters. The number of alkyl halides is 2. The van der Waals surface area contributed by atoms with Crippen LogP contribution in [0.2, 0.25) is 0 Å². The number of H-pyrrole nitrogens is 1. The molecule has 2 aromatic carbocycles. The van der Waals surface area contributed by atoms with Crippen LogP contribution in [-0.4, -0.2) is 32.9 Å². The van der Waals surface area contributed by atoms with Gasteiger partial charge in [-0.2, -0.15) is 8.78 Å². The molecule has 1 amide bonds. The Morgan fingerprint density at radius 1 is 1.18 bits per heavy atom. The number of carbonyl (C=O) groups excluding carboxylic acids is 1. The zero-order valence-corrected chi connectivity index (χ0v) is 15.3. The highest BCUT2D eigenvalue weighted by molar-refractivity contribution is 8.00. The number of halogens is 3. The lowest BCUT2D eigenvalue weighted by Crippen LogP contribution is -2.23. The average molecular weight is 408 g/mol. The van der Waals surface area contributed by atoms with E-state index < -0.39 is 23.6 Å². The van der Waals surface area contributed by atoms with E-state index in [0.717, 1.165) is 11.8 Å². The van der Waals surface area contributed by atoms with Crippen LogP contribution in [0.5, 0.6) is 5.75 Å². The number of hydrogen-bond donors (Lipinski definition) is 2. The Balaban J connectivity index is 1.67. The quantitative estimate of drug-likeness (QED) is 0.569. The third-order valence-corrected chi connectivity index (χ3v) is 4.57. The van der Waals surface area contributed by atoms with E-state index in [0.29, 0.717) is 0 Å². The summed E-state index contributed by atoms with van der Waals surface area (Å²) in [7, 11) is 0. The molecule has 0 spiro atoms. The highest BCUT2D eigenvalue weighted by Gasteiger charge is 2.20. The molecular weight excluding hydrogens is 393 g/mol. The number of aromatic amines is 1. The summed E-state index contributed by atoms with van der Waals surface area (Å²) in [6.45, 7) is -1.40. The lowest BCUT2D eigenvalue weighted by atomic mass is 10.2. The van der Waals surface area contributed by atoms with E-state index in [2.05, 4.69) is 25.2 Å². The molecule has 6 nitrogen and oxygen atoms in total. The van der Waals surface area contributed by atoms with Gasteiger partial charge >= 0.3 is 6.61 Å². The fourth-order valence-corrected chi connectivity index (χ4v) is 3.01. The van der Waals surface area contributed by atoms with Crippen LogP contribution in [0.3, 0.4) is 0 Å². The van der Waals surface area contributed by atoms with Crippen molar-refractivity contribution in [3.8, 4) is 17.1 Å². The van der Waals surface area contributed by atoms with Crippen molar-refractivity contribution in [2.45, 2.75) is 23.9 Å². The fourth-order valence-electron chi connectivity index (χ4n) is 2.29. The normalized spacial score (nSPS) is 12.0. The van der Waals surface area contributed by atoms with Gasteiger partial charge in [0.15, 0.2) is 5.82 Å². The zero-order chi connectivity index (χ0) is 20.1. The second-order valence-corrected chi connectivity index (χ2v) is 6.88. The fraction of sp³-hybridized carbons (Fsp3) is 0.167. The molecular formula is C18H15F3N4O2S. The summed E-state index contributed by atoms with van der Waals surface area (Å²) in [6, 6.07) is 12.0. The molecule has 28 heavy (non-hydrogen) atoms. The van der Waals surface area contributed by atoms with Crippen molar-refractivity contribution < 1.29 is 22.7 Å². The van der Waals surface area contributed by atoms with Gasteiger partial charge < -0.3 is 10.1 Å². The number of rotatable bonds is 7. The molecule has 0 bridgehead atoms. The van der Waals surface area contributed by atoms with Crippen molar-refractivity contribution in [1.29, 1.82) is 0 Å². The van der Waals surface area contributed by atoms with E-state index in [1.165, 1.54) is 24.3 Å². The highest BCUT2D eigenvalue weighted by Crippen LogP contribution is 2.28. The number of aromatic nitrogens is 3. The molecule has 1 aromatic heterocycles. The standard InChI is InChI=1S/C18H15F3N4O2S/c1-10(16(26)22-13-8-4-5-9-14(13)27-17(20)21)28-18-23-15(24-25-18)11-6-2-3-7-12(11)19/h2-10,17H,1H3,(H,22,26)(H,23,24,25). The Hall–Kier alpha value is -3.01. The number of nitrogens with one attached hydrogen (secondary N) is 2. The first-order chi connectivity index (χ1) is 13.4. The van der Waals surface area contributed by atoms with Crippen LogP contribution in [-0.2, 0) is 4.79 Å². The first kappa shape index (κ1) is 19.7. The van der Waals surface area contributed by atoms with Crippen molar-refractivity contribution in [2.75, 3.05) is 5.32 Å². The van der Waals surface area contributed by atoms with Gasteiger partial charge in [-0.1, -0.05) is 36.0 Å². The van der Waals surface area contributed by atoms with Gasteiger partial charge in [0.05, 0.1) is 16.5 Å². The second kappa shape index (κ2) is 8.79. The Labute approximate surface area is 162 Å². The number of hydrogen-bond acceptors (Lipinski definition) is 5. The van der Waals surface area contributed by atoms with Crippen LogP contribution in [0, 0.1) is 5.82 Å². The molecule has 0 aliphatic heterocycles. The topological polar surface area (TPSA) is 79.9 Å². The van der Waals surface area contributed by atoms with Crippen LogP contribution < -0.4 is 10.1 Å². The van der Waals surface area contributed by atoms with Crippen LogP contribution in [0.4, 0.5) is 18.9 Å². The molecule has 0 aliphatic rings. The van der Waals surface area contributed by atoms with Gasteiger partial charge in [0.25, 0.3) is 0 Å². The van der Waals surface area contributed by atoms with E-state index >= 15 is 0 Å². The summed E-state index contributed by atoms with van der Waals surface area (Å²) < 4.78 is 43.1. The molecule has 1 unspecified atom stereocenters. The number of thioether (sulfide) groups is 1. The van der Waals surface area contributed by atoms with Crippen molar-refractivity contribution in [1.82, 2.24) is 15.2 Å². The first-order valence-corrected chi connectivity index (χ1v) is 9.00. The van der Waals surface area contributed by atoms with Crippen LogP contribution >= 0.6 is 11.8 Å². The van der Waals surface area contributed by atoms with Gasteiger partial charge in [0.1, 0.15) is 11.6 Å². The van der Waals surface area contributed by atoms with E-state index in [1.54, 1.807) is 31.2 Å². The third-order valence-electron chi connectivity index (χ3n) is 3.61. The summed E-state index contributed by atoms with van der Waals surface area (Å²) in [5, 5.41) is 8.75. The molecule has 0 radical (unpaired) electrons. The minimum absolute atomic E-state index is 0.127. The second-order valence-electron chi connectivity index (χ2n) is 5.57. The minimum atomic E-state index is -3.00. The van der Waals surface area contributed by atoms with Crippen molar-refractivity contribution in [3.63, 3.8) is 0 Å². The Morgan fingerprint density at radius 2 is 1.89 bits per heavy atom. The van der Waals surface area contributed by atoms with Crippen molar-refractivity contribution in [2.24, 2.45) is 0 Å². The van der Waals surface area contributed by atoms with Crippen molar-refractivity contribution in [3.05, 3.63) is 54.3 Å². The molecule has 10 heteroatoms. The SMILES string of the molecule is CC(Sc1n[nH]c(-c2ccccc2F)n1)C(=O)Nc1ccccc1OC(F)F. The number of carbonyl (C=O) groups is 1. The number of amides is 1. The maximum absolute atomic E-state index is 13.8. The van der Waals surface area contributed by atoms with Gasteiger partial charge in [-0.25, -0.2) is 9.37 Å². The summed E-state index contributed by atoms with van der Waals surface area (Å²) in [6.07, 6.45) is 0. The number of para-hydroxylation sites is 2. The molecule has 0 fully saturated rings. The lowest BCUT2D eigenvalue weighted by Gasteiger charge is -2.14. The Bertz CT molecular complexity index is 967. The number of benzene rings is 2. The van der Waals surface area contributed by atoms with Gasteiger partial charge in [-0.15, -0.1) is 5.10 Å². The Kier molecular flexibility index (Phi) is 6.19. The van der Waals surface area contributed by atoms with Crippen LogP contribution in [0.15, 0.2) is 53.7 Å². The smallest absolute Gasteiger partial charge is 0.387 e. The molecule has 2 N–H and O–H groups in total. The van der Waals surface area contributed by atoms with Crippen LogP contribution in [0.1, 0.15) is 6.92 Å². The Morgan fingerprint density at radius 3 is 2.64 bits per heavy atom. The molecule has 0 saturated heterocycles. The van der Waals surface area contributed by atoms with E-state index in [1.807, 2.05) is 0 Å². The number of nitrogens with zero attached hydrogens (tertiary/aromatic N) is 2. The van der Waals surface area contributed by atoms with Gasteiger partial charge in [0.2, 0.25) is 11.1 Å². The molecule has 3 rings (SSSR count). The maximum atomic E-state index is 13.8. The minimum Gasteiger partial charge on any atom is -0.433 e. The molecule has 146 valence electrons. The van der Waals surface area contributed by atoms with Crippen LogP contribution in [0.25, 0.3) is 11.4 Å². The number of anilines is 1. The van der Waals surface area contributed by atoms with Gasteiger partial charge in [0, 0.05) is 0 Å². The zero-order valence-electron chi connectivity index (χ0n) is 14.5.